The standard InChI is InChI=1S/C23H23NO5/c1-15(25)24-18-12-13-19(24)21(29-23(27)17-10-6-3-7-11-17)20(14-18)28-22(26)16-8-4-2-5-9-16/h2-11,18-21H,12-14H2,1H3/t18-,19+,20-,21+/m1/s1. The van der Waals surface area contributed by atoms with Crippen LogP contribution in [-0.4, -0.2) is 47.0 Å². The van der Waals surface area contributed by atoms with Gasteiger partial charge in [0.2, 0.25) is 5.91 Å². The molecule has 0 saturated carbocycles. The molecule has 6 heteroatoms. The molecule has 2 bridgehead atoms. The van der Waals surface area contributed by atoms with Gasteiger partial charge in [0.25, 0.3) is 0 Å². The molecule has 0 N–H and O–H groups in total. The Morgan fingerprint density at radius 3 is 1.93 bits per heavy atom. The van der Waals surface area contributed by atoms with Crippen LogP contribution >= 0.6 is 0 Å². The zero-order valence-corrected chi connectivity index (χ0v) is 16.2. The maximum atomic E-state index is 12.7. The van der Waals surface area contributed by atoms with Gasteiger partial charge in [0.15, 0.2) is 6.10 Å². The number of amides is 1. The van der Waals surface area contributed by atoms with Crippen LogP contribution < -0.4 is 0 Å². The van der Waals surface area contributed by atoms with Crippen molar-refractivity contribution in [2.45, 2.75) is 50.5 Å². The van der Waals surface area contributed by atoms with Crippen molar-refractivity contribution in [2.75, 3.05) is 0 Å². The van der Waals surface area contributed by atoms with Crippen molar-refractivity contribution < 1.29 is 23.9 Å². The highest BCUT2D eigenvalue weighted by Gasteiger charge is 2.51. The summed E-state index contributed by atoms with van der Waals surface area (Å²) in [5, 5.41) is 0. The lowest BCUT2D eigenvalue weighted by Crippen LogP contribution is -2.58. The van der Waals surface area contributed by atoms with E-state index in [2.05, 4.69) is 0 Å². The first-order valence-corrected chi connectivity index (χ1v) is 9.85. The number of ether oxygens (including phenoxy) is 2. The third kappa shape index (κ3) is 3.88. The van der Waals surface area contributed by atoms with Crippen LogP contribution in [0.25, 0.3) is 0 Å². The van der Waals surface area contributed by atoms with E-state index in [1.807, 2.05) is 12.1 Å². The zero-order valence-electron chi connectivity index (χ0n) is 16.2. The average molecular weight is 393 g/mol. The molecule has 2 fully saturated rings. The minimum Gasteiger partial charge on any atom is -0.455 e. The maximum absolute atomic E-state index is 12.7. The Labute approximate surface area is 169 Å². The molecule has 2 aliphatic rings. The quantitative estimate of drug-likeness (QED) is 0.746. The molecule has 2 aromatic rings. The Balaban J connectivity index is 1.58. The van der Waals surface area contributed by atoms with E-state index in [0.29, 0.717) is 17.5 Å². The molecule has 0 radical (unpaired) electrons. The van der Waals surface area contributed by atoms with Crippen molar-refractivity contribution in [3.63, 3.8) is 0 Å². The highest BCUT2D eigenvalue weighted by Crippen LogP contribution is 2.39. The van der Waals surface area contributed by atoms with Gasteiger partial charge in [0, 0.05) is 19.4 Å². The normalized spacial score (nSPS) is 25.3. The Morgan fingerprint density at radius 1 is 0.828 bits per heavy atom. The molecular formula is C23H23NO5. The summed E-state index contributed by atoms with van der Waals surface area (Å²) < 4.78 is 11.6. The van der Waals surface area contributed by atoms with Crippen molar-refractivity contribution in [3.8, 4) is 0 Å². The van der Waals surface area contributed by atoms with Crippen molar-refractivity contribution in [1.82, 2.24) is 4.90 Å². The first-order chi connectivity index (χ1) is 14.0. The van der Waals surface area contributed by atoms with Gasteiger partial charge < -0.3 is 14.4 Å². The molecule has 6 nitrogen and oxygen atoms in total. The number of piperidine rings is 1. The minimum absolute atomic E-state index is 0.00208. The summed E-state index contributed by atoms with van der Waals surface area (Å²) >= 11 is 0. The number of esters is 2. The fourth-order valence-corrected chi connectivity index (χ4v) is 4.42. The molecule has 0 spiro atoms. The third-order valence-corrected chi connectivity index (χ3v) is 5.68. The average Bonchev–Trinajstić information content (AvgIpc) is 3.08. The molecule has 2 aliphatic heterocycles. The van der Waals surface area contributed by atoms with Crippen molar-refractivity contribution in [3.05, 3.63) is 71.8 Å². The van der Waals surface area contributed by atoms with Crippen LogP contribution in [-0.2, 0) is 14.3 Å². The molecule has 0 unspecified atom stereocenters. The van der Waals surface area contributed by atoms with Crippen LogP contribution in [0.1, 0.15) is 46.9 Å². The van der Waals surface area contributed by atoms with Gasteiger partial charge in [-0.05, 0) is 37.1 Å². The predicted molar refractivity (Wildman–Crippen MR) is 105 cm³/mol. The lowest BCUT2D eigenvalue weighted by molar-refractivity contribution is -0.144. The van der Waals surface area contributed by atoms with Crippen molar-refractivity contribution in [1.29, 1.82) is 0 Å². The Morgan fingerprint density at radius 2 is 1.38 bits per heavy atom. The fourth-order valence-electron chi connectivity index (χ4n) is 4.42. The van der Waals surface area contributed by atoms with Crippen LogP contribution in [0.4, 0.5) is 0 Å². The van der Waals surface area contributed by atoms with Gasteiger partial charge in [-0.25, -0.2) is 9.59 Å². The van der Waals surface area contributed by atoms with E-state index in [4.69, 9.17) is 9.47 Å². The maximum Gasteiger partial charge on any atom is 0.338 e. The van der Waals surface area contributed by atoms with Gasteiger partial charge >= 0.3 is 11.9 Å². The van der Waals surface area contributed by atoms with E-state index < -0.39 is 24.1 Å². The van der Waals surface area contributed by atoms with Gasteiger partial charge in [-0.2, -0.15) is 0 Å². The number of hydrogen-bond donors (Lipinski definition) is 0. The summed E-state index contributed by atoms with van der Waals surface area (Å²) in [6, 6.07) is 17.2. The molecule has 2 heterocycles. The van der Waals surface area contributed by atoms with E-state index in [-0.39, 0.29) is 18.0 Å². The summed E-state index contributed by atoms with van der Waals surface area (Å²) in [7, 11) is 0. The third-order valence-electron chi connectivity index (χ3n) is 5.68. The van der Waals surface area contributed by atoms with Gasteiger partial charge in [0.1, 0.15) is 6.10 Å². The second-order valence-electron chi connectivity index (χ2n) is 7.51. The molecule has 29 heavy (non-hydrogen) atoms. The van der Waals surface area contributed by atoms with Crippen LogP contribution in [0.5, 0.6) is 0 Å². The summed E-state index contributed by atoms with van der Waals surface area (Å²) in [6.07, 6.45) is 0.697. The molecule has 0 aliphatic carbocycles. The molecule has 4 rings (SSSR count). The number of fused-ring (bicyclic) bond motifs is 2. The predicted octanol–water partition coefficient (Wildman–Crippen LogP) is 3.22. The molecule has 4 atom stereocenters. The second-order valence-corrected chi connectivity index (χ2v) is 7.51. The van der Waals surface area contributed by atoms with Gasteiger partial charge in [0.05, 0.1) is 17.2 Å². The Bertz CT molecular complexity index is 898. The van der Waals surface area contributed by atoms with Crippen molar-refractivity contribution >= 4 is 17.8 Å². The van der Waals surface area contributed by atoms with Crippen LogP contribution in [0.2, 0.25) is 0 Å². The monoisotopic (exact) mass is 393 g/mol. The summed E-state index contributed by atoms with van der Waals surface area (Å²) in [5.41, 5.74) is 0.872. The molecule has 2 aromatic carbocycles. The molecule has 0 aromatic heterocycles. The molecule has 1 amide bonds. The summed E-state index contributed by atoms with van der Waals surface area (Å²) in [6.45, 7) is 1.53. The first-order valence-electron chi connectivity index (χ1n) is 9.85. The SMILES string of the molecule is CC(=O)N1[C@@H]2CC[C@H]1[C@H](OC(=O)c1ccccc1)[C@H](OC(=O)c1ccccc1)C2. The van der Waals surface area contributed by atoms with Crippen LogP contribution in [0, 0.1) is 0 Å². The highest BCUT2D eigenvalue weighted by molar-refractivity contribution is 5.90. The van der Waals surface area contributed by atoms with E-state index in [9.17, 15) is 14.4 Å². The van der Waals surface area contributed by atoms with Crippen LogP contribution in [0.3, 0.4) is 0 Å². The fraction of sp³-hybridized carbons (Fsp3) is 0.348. The number of rotatable bonds is 4. The molecule has 150 valence electrons. The van der Waals surface area contributed by atoms with Gasteiger partial charge in [-0.1, -0.05) is 36.4 Å². The van der Waals surface area contributed by atoms with Crippen molar-refractivity contribution in [2.24, 2.45) is 0 Å². The number of benzene rings is 2. The molecule has 2 saturated heterocycles. The smallest absolute Gasteiger partial charge is 0.338 e. The van der Waals surface area contributed by atoms with E-state index in [1.165, 1.54) is 6.92 Å². The number of nitrogens with zero attached hydrogens (tertiary/aromatic N) is 1. The summed E-state index contributed by atoms with van der Waals surface area (Å²) in [4.78, 5) is 39.3. The van der Waals surface area contributed by atoms with E-state index >= 15 is 0 Å². The highest BCUT2D eigenvalue weighted by atomic mass is 16.6. The lowest BCUT2D eigenvalue weighted by atomic mass is 9.96. The topological polar surface area (TPSA) is 72.9 Å². The van der Waals surface area contributed by atoms with Crippen LogP contribution in [0.15, 0.2) is 60.7 Å². The first kappa shape index (κ1) is 19.2. The number of carbonyl (C=O) groups excluding carboxylic acids is 3. The second kappa shape index (κ2) is 8.07. The Kier molecular flexibility index (Phi) is 5.34. The zero-order chi connectivity index (χ0) is 20.4. The largest absolute Gasteiger partial charge is 0.455 e. The van der Waals surface area contributed by atoms with E-state index in [0.717, 1.165) is 12.8 Å². The lowest BCUT2D eigenvalue weighted by Gasteiger charge is -2.43. The minimum atomic E-state index is -0.696. The summed E-state index contributed by atoms with van der Waals surface area (Å²) in [5.74, 6) is -0.983. The Hall–Kier alpha value is -3.15. The van der Waals surface area contributed by atoms with Gasteiger partial charge in [-0.15, -0.1) is 0 Å². The van der Waals surface area contributed by atoms with E-state index in [1.54, 1.807) is 53.4 Å². The number of hydrogen-bond acceptors (Lipinski definition) is 5. The van der Waals surface area contributed by atoms with Gasteiger partial charge in [-0.3, -0.25) is 4.79 Å². The molecular weight excluding hydrogens is 370 g/mol. The number of carbonyl (C=O) groups is 3.